The van der Waals surface area contributed by atoms with E-state index in [1.165, 1.54) is 0 Å². The molecule has 132 valence electrons. The predicted octanol–water partition coefficient (Wildman–Crippen LogP) is 2.53. The highest BCUT2D eigenvalue weighted by molar-refractivity contribution is 6.05. The lowest BCUT2D eigenvalue weighted by molar-refractivity contribution is 0.0961. The number of aromatic nitrogens is 3. The average molecular weight is 350 g/mol. The van der Waals surface area contributed by atoms with Crippen LogP contribution >= 0.6 is 0 Å². The van der Waals surface area contributed by atoms with Crippen LogP contribution in [0, 0.1) is 0 Å². The number of amides is 1. The van der Waals surface area contributed by atoms with E-state index >= 15 is 0 Å². The normalized spacial score (nSPS) is 13.4. The molecule has 0 spiro atoms. The Morgan fingerprint density at radius 1 is 1.08 bits per heavy atom. The van der Waals surface area contributed by atoms with Crippen LogP contribution in [0.3, 0.4) is 0 Å². The topological polar surface area (TPSA) is 69.5 Å². The molecule has 0 unspecified atom stereocenters. The summed E-state index contributed by atoms with van der Waals surface area (Å²) in [5, 5.41) is 4.48. The molecule has 1 aliphatic rings. The van der Waals surface area contributed by atoms with Gasteiger partial charge < -0.3 is 9.47 Å². The second kappa shape index (κ2) is 6.87. The maximum absolute atomic E-state index is 12.8. The van der Waals surface area contributed by atoms with Gasteiger partial charge in [-0.25, -0.2) is 0 Å². The van der Waals surface area contributed by atoms with Crippen LogP contribution in [0.15, 0.2) is 54.6 Å². The summed E-state index contributed by atoms with van der Waals surface area (Å²) < 4.78 is 12.6. The highest BCUT2D eigenvalue weighted by Crippen LogP contribution is 2.22. The van der Waals surface area contributed by atoms with Crippen molar-refractivity contribution >= 4 is 11.7 Å². The van der Waals surface area contributed by atoms with Gasteiger partial charge in [-0.2, -0.15) is 10.1 Å². The fraction of sp³-hybridized carbons (Fsp3) is 0.211. The lowest BCUT2D eigenvalue weighted by Crippen LogP contribution is -2.40. The Morgan fingerprint density at radius 3 is 2.73 bits per heavy atom. The van der Waals surface area contributed by atoms with Crippen molar-refractivity contribution in [3.63, 3.8) is 0 Å². The molecule has 0 saturated heterocycles. The monoisotopic (exact) mass is 350 g/mol. The molecule has 3 heterocycles. The van der Waals surface area contributed by atoms with Gasteiger partial charge in [0.15, 0.2) is 0 Å². The van der Waals surface area contributed by atoms with Crippen LogP contribution in [0.4, 0.5) is 5.82 Å². The Labute approximate surface area is 150 Å². The number of fused-ring (bicyclic) bond motifs is 1. The summed E-state index contributed by atoms with van der Waals surface area (Å²) in [4.78, 5) is 18.8. The van der Waals surface area contributed by atoms with Crippen LogP contribution in [-0.4, -0.2) is 34.3 Å². The number of rotatable bonds is 5. The molecule has 2 aromatic heterocycles. The van der Waals surface area contributed by atoms with Gasteiger partial charge in [0.05, 0.1) is 13.7 Å². The van der Waals surface area contributed by atoms with E-state index in [1.54, 1.807) is 34.9 Å². The summed E-state index contributed by atoms with van der Waals surface area (Å²) in [7, 11) is 1.55. The maximum Gasteiger partial charge on any atom is 0.277 e. The lowest BCUT2D eigenvalue weighted by atomic mass is 10.2. The first-order chi connectivity index (χ1) is 12.7. The number of para-hydroxylation sites is 1. The molecule has 26 heavy (non-hydrogen) atoms. The first kappa shape index (κ1) is 16.1. The van der Waals surface area contributed by atoms with Gasteiger partial charge in [0.2, 0.25) is 5.88 Å². The van der Waals surface area contributed by atoms with Gasteiger partial charge in [-0.05, 0) is 24.3 Å². The SMILES string of the molecule is COc1cccc(N2CCn3nc(COc4ccccc4)cc3C2=O)n1. The first-order valence-electron chi connectivity index (χ1n) is 8.32. The number of hydrogen-bond acceptors (Lipinski definition) is 5. The molecule has 7 heteroatoms. The molecule has 0 saturated carbocycles. The molecular weight excluding hydrogens is 332 g/mol. The van der Waals surface area contributed by atoms with Crippen molar-refractivity contribution in [3.8, 4) is 11.6 Å². The second-order valence-corrected chi connectivity index (χ2v) is 5.84. The van der Waals surface area contributed by atoms with Crippen LogP contribution in [0.2, 0.25) is 0 Å². The van der Waals surface area contributed by atoms with Crippen LogP contribution in [0.25, 0.3) is 0 Å². The molecular formula is C19H18N4O3. The number of carbonyl (C=O) groups is 1. The Kier molecular flexibility index (Phi) is 4.27. The zero-order valence-electron chi connectivity index (χ0n) is 14.3. The number of pyridine rings is 1. The van der Waals surface area contributed by atoms with E-state index in [9.17, 15) is 4.79 Å². The van der Waals surface area contributed by atoms with Crippen molar-refractivity contribution in [1.29, 1.82) is 0 Å². The third kappa shape index (κ3) is 3.11. The number of hydrogen-bond donors (Lipinski definition) is 0. The Balaban J connectivity index is 1.52. The van der Waals surface area contributed by atoms with Crippen LogP contribution < -0.4 is 14.4 Å². The molecule has 3 aromatic rings. The van der Waals surface area contributed by atoms with Gasteiger partial charge in [0.1, 0.15) is 29.6 Å². The molecule has 0 bridgehead atoms. The number of ether oxygens (including phenoxy) is 2. The van der Waals surface area contributed by atoms with E-state index in [1.807, 2.05) is 36.4 Å². The van der Waals surface area contributed by atoms with E-state index in [2.05, 4.69) is 10.1 Å². The Morgan fingerprint density at radius 2 is 1.92 bits per heavy atom. The smallest absolute Gasteiger partial charge is 0.277 e. The molecule has 4 rings (SSSR count). The summed E-state index contributed by atoms with van der Waals surface area (Å²) >= 11 is 0. The third-order valence-electron chi connectivity index (χ3n) is 4.15. The second-order valence-electron chi connectivity index (χ2n) is 5.84. The van der Waals surface area contributed by atoms with Crippen LogP contribution in [0.1, 0.15) is 16.2 Å². The number of carbonyl (C=O) groups excluding carboxylic acids is 1. The van der Waals surface area contributed by atoms with Crippen molar-refractivity contribution in [1.82, 2.24) is 14.8 Å². The third-order valence-corrected chi connectivity index (χ3v) is 4.15. The van der Waals surface area contributed by atoms with Crippen LogP contribution in [-0.2, 0) is 13.2 Å². The molecule has 1 amide bonds. The van der Waals surface area contributed by atoms with E-state index < -0.39 is 0 Å². The maximum atomic E-state index is 12.8. The standard InChI is InChI=1S/C19H18N4O3/c1-25-18-9-5-8-17(20-18)22-10-11-23-16(19(22)24)12-14(21-23)13-26-15-6-3-2-4-7-15/h2-9,12H,10-11,13H2,1H3. The highest BCUT2D eigenvalue weighted by atomic mass is 16.5. The fourth-order valence-electron chi connectivity index (χ4n) is 2.88. The van der Waals surface area contributed by atoms with Crippen molar-refractivity contribution in [2.75, 3.05) is 18.6 Å². The van der Waals surface area contributed by atoms with Gasteiger partial charge >= 0.3 is 0 Å². The molecule has 0 radical (unpaired) electrons. The predicted molar refractivity (Wildman–Crippen MR) is 95.5 cm³/mol. The molecule has 0 N–H and O–H groups in total. The van der Waals surface area contributed by atoms with E-state index in [4.69, 9.17) is 9.47 Å². The van der Waals surface area contributed by atoms with Crippen molar-refractivity contribution in [2.45, 2.75) is 13.2 Å². The zero-order valence-corrected chi connectivity index (χ0v) is 14.3. The van der Waals surface area contributed by atoms with Crippen molar-refractivity contribution in [3.05, 3.63) is 66.0 Å². The zero-order chi connectivity index (χ0) is 17.9. The molecule has 1 aliphatic heterocycles. The quantitative estimate of drug-likeness (QED) is 0.707. The molecule has 0 fully saturated rings. The summed E-state index contributed by atoms with van der Waals surface area (Å²) in [5.74, 6) is 1.69. The van der Waals surface area contributed by atoms with Gasteiger partial charge in [0, 0.05) is 12.6 Å². The van der Waals surface area contributed by atoms with Gasteiger partial charge in [-0.15, -0.1) is 0 Å². The molecule has 7 nitrogen and oxygen atoms in total. The molecule has 0 atom stereocenters. The average Bonchev–Trinajstić information content (AvgIpc) is 3.12. The fourth-order valence-corrected chi connectivity index (χ4v) is 2.88. The van der Waals surface area contributed by atoms with Crippen LogP contribution in [0.5, 0.6) is 11.6 Å². The van der Waals surface area contributed by atoms with Gasteiger partial charge in [0.25, 0.3) is 5.91 Å². The molecule has 0 aliphatic carbocycles. The minimum absolute atomic E-state index is 0.129. The highest BCUT2D eigenvalue weighted by Gasteiger charge is 2.28. The van der Waals surface area contributed by atoms with E-state index in [0.29, 0.717) is 37.1 Å². The van der Waals surface area contributed by atoms with E-state index in [0.717, 1.165) is 11.4 Å². The summed E-state index contributed by atoms with van der Waals surface area (Å²) in [5.41, 5.74) is 1.25. The Hall–Kier alpha value is -3.35. The largest absolute Gasteiger partial charge is 0.487 e. The van der Waals surface area contributed by atoms with Crippen molar-refractivity contribution in [2.24, 2.45) is 0 Å². The Bertz CT molecular complexity index is 924. The van der Waals surface area contributed by atoms with Crippen molar-refractivity contribution < 1.29 is 14.3 Å². The van der Waals surface area contributed by atoms with Gasteiger partial charge in [-0.3, -0.25) is 14.4 Å². The number of benzene rings is 1. The molecule has 1 aromatic carbocycles. The summed E-state index contributed by atoms with van der Waals surface area (Å²) in [6.07, 6.45) is 0. The minimum Gasteiger partial charge on any atom is -0.487 e. The minimum atomic E-state index is -0.129. The summed E-state index contributed by atoms with van der Waals surface area (Å²) in [6, 6.07) is 16.7. The number of methoxy groups -OCH3 is 1. The number of anilines is 1. The lowest BCUT2D eigenvalue weighted by Gasteiger charge is -2.26. The van der Waals surface area contributed by atoms with E-state index in [-0.39, 0.29) is 5.91 Å². The summed E-state index contributed by atoms with van der Waals surface area (Å²) in [6.45, 7) is 1.42. The van der Waals surface area contributed by atoms with Gasteiger partial charge in [-0.1, -0.05) is 24.3 Å². The first-order valence-corrected chi connectivity index (χ1v) is 8.32. The number of nitrogens with zero attached hydrogens (tertiary/aromatic N) is 4.